The highest BCUT2D eigenvalue weighted by molar-refractivity contribution is 5.91. The molecule has 3 amide bonds. The van der Waals surface area contributed by atoms with Gasteiger partial charge in [0.05, 0.1) is 19.1 Å². The first-order chi connectivity index (χ1) is 12.9. The number of nitrogens with zero attached hydrogens (tertiary/aromatic N) is 1. The lowest BCUT2D eigenvalue weighted by molar-refractivity contribution is -0.148. The summed E-state index contributed by atoms with van der Waals surface area (Å²) in [4.78, 5) is 48.2. The maximum atomic E-state index is 12.1. The number of nitrogens with two attached hydrogens (primary N) is 1. The van der Waals surface area contributed by atoms with E-state index in [1.807, 2.05) is 30.3 Å². The Balaban J connectivity index is 1.70. The Kier molecular flexibility index (Phi) is 7.30. The summed E-state index contributed by atoms with van der Waals surface area (Å²) in [5.74, 6) is -2.52. The molecule has 2 rings (SSSR count). The van der Waals surface area contributed by atoms with Crippen molar-refractivity contribution in [3.8, 4) is 0 Å². The van der Waals surface area contributed by atoms with E-state index in [2.05, 4.69) is 10.6 Å². The number of carboxylic acids is 1. The van der Waals surface area contributed by atoms with Crippen LogP contribution in [-0.4, -0.2) is 65.4 Å². The van der Waals surface area contributed by atoms with E-state index in [1.165, 1.54) is 4.90 Å². The molecule has 0 bridgehead atoms. The summed E-state index contributed by atoms with van der Waals surface area (Å²) in [6, 6.07) is 7.64. The average molecular weight is 376 g/mol. The van der Waals surface area contributed by atoms with Gasteiger partial charge in [0.25, 0.3) is 0 Å². The van der Waals surface area contributed by atoms with Crippen molar-refractivity contribution in [1.82, 2.24) is 15.5 Å². The van der Waals surface area contributed by atoms with Crippen LogP contribution in [0.15, 0.2) is 30.3 Å². The maximum Gasteiger partial charge on any atom is 0.326 e. The molecule has 1 aromatic rings. The van der Waals surface area contributed by atoms with Crippen molar-refractivity contribution >= 4 is 23.7 Å². The molecule has 9 nitrogen and oxygen atoms in total. The lowest BCUT2D eigenvalue weighted by atomic mass is 10.1. The van der Waals surface area contributed by atoms with Gasteiger partial charge in [-0.1, -0.05) is 30.3 Å². The minimum Gasteiger partial charge on any atom is -0.480 e. The molecule has 0 radical (unpaired) electrons. The molecule has 0 aliphatic carbocycles. The summed E-state index contributed by atoms with van der Waals surface area (Å²) in [7, 11) is 0. The van der Waals surface area contributed by atoms with Crippen LogP contribution in [0.25, 0.3) is 0 Å². The lowest BCUT2D eigenvalue weighted by Crippen LogP contribution is -2.48. The summed E-state index contributed by atoms with van der Waals surface area (Å²) >= 11 is 0. The highest BCUT2D eigenvalue weighted by Crippen LogP contribution is 2.17. The van der Waals surface area contributed by atoms with Gasteiger partial charge in [-0.15, -0.1) is 0 Å². The smallest absolute Gasteiger partial charge is 0.326 e. The standard InChI is InChI=1S/C18H24N4O5/c19-13(9-12-5-2-1-3-6-12)17(25)21-10-15(23)20-11-16(24)22-8-4-7-14(22)18(26)27/h1-3,5-6,13-14H,4,7-11,19H2,(H,20,23)(H,21,25)(H,26,27). The molecule has 0 spiro atoms. The number of hydrogen-bond acceptors (Lipinski definition) is 5. The third-order valence-corrected chi connectivity index (χ3v) is 4.35. The van der Waals surface area contributed by atoms with Crippen LogP contribution in [0, 0.1) is 0 Å². The van der Waals surface area contributed by atoms with Crippen LogP contribution in [0.3, 0.4) is 0 Å². The second-order valence-electron chi connectivity index (χ2n) is 6.37. The Morgan fingerprint density at radius 3 is 2.52 bits per heavy atom. The number of carbonyl (C=O) groups is 4. The van der Waals surface area contributed by atoms with Gasteiger partial charge in [0.1, 0.15) is 6.04 Å². The van der Waals surface area contributed by atoms with Gasteiger partial charge in [-0.3, -0.25) is 14.4 Å². The van der Waals surface area contributed by atoms with Gasteiger partial charge in [-0.25, -0.2) is 4.79 Å². The van der Waals surface area contributed by atoms with Crippen LogP contribution in [0.1, 0.15) is 18.4 Å². The van der Waals surface area contributed by atoms with Crippen LogP contribution >= 0.6 is 0 Å². The van der Waals surface area contributed by atoms with E-state index < -0.39 is 35.8 Å². The highest BCUT2D eigenvalue weighted by Gasteiger charge is 2.33. The summed E-state index contributed by atoms with van der Waals surface area (Å²) in [5, 5.41) is 13.9. The van der Waals surface area contributed by atoms with Crippen molar-refractivity contribution < 1.29 is 24.3 Å². The van der Waals surface area contributed by atoms with E-state index in [1.54, 1.807) is 0 Å². The third kappa shape index (κ3) is 6.07. The average Bonchev–Trinajstić information content (AvgIpc) is 3.15. The maximum absolute atomic E-state index is 12.1. The van der Waals surface area contributed by atoms with Crippen molar-refractivity contribution in [2.45, 2.75) is 31.3 Å². The molecule has 9 heteroatoms. The fourth-order valence-corrected chi connectivity index (χ4v) is 2.92. The van der Waals surface area contributed by atoms with E-state index in [-0.39, 0.29) is 13.1 Å². The fourth-order valence-electron chi connectivity index (χ4n) is 2.92. The van der Waals surface area contributed by atoms with Gasteiger partial charge in [-0.2, -0.15) is 0 Å². The molecule has 2 unspecified atom stereocenters. The lowest BCUT2D eigenvalue weighted by Gasteiger charge is -2.21. The zero-order valence-corrected chi connectivity index (χ0v) is 14.9. The van der Waals surface area contributed by atoms with Gasteiger partial charge < -0.3 is 26.4 Å². The predicted octanol–water partition coefficient (Wildman–Crippen LogP) is -1.14. The predicted molar refractivity (Wildman–Crippen MR) is 96.5 cm³/mol. The van der Waals surface area contributed by atoms with E-state index >= 15 is 0 Å². The van der Waals surface area contributed by atoms with Gasteiger partial charge >= 0.3 is 5.97 Å². The first-order valence-corrected chi connectivity index (χ1v) is 8.74. The Morgan fingerprint density at radius 1 is 1.15 bits per heavy atom. The number of carbonyl (C=O) groups excluding carboxylic acids is 3. The fraction of sp³-hybridized carbons (Fsp3) is 0.444. The molecule has 1 saturated heterocycles. The van der Waals surface area contributed by atoms with Gasteiger partial charge in [0.15, 0.2) is 0 Å². The molecule has 2 atom stereocenters. The van der Waals surface area contributed by atoms with Crippen molar-refractivity contribution in [3.05, 3.63) is 35.9 Å². The van der Waals surface area contributed by atoms with Crippen molar-refractivity contribution in [3.63, 3.8) is 0 Å². The van der Waals surface area contributed by atoms with Crippen LogP contribution in [-0.2, 0) is 25.6 Å². The van der Waals surface area contributed by atoms with Crippen LogP contribution < -0.4 is 16.4 Å². The molecular formula is C18H24N4O5. The number of nitrogens with one attached hydrogen (secondary N) is 2. The first-order valence-electron chi connectivity index (χ1n) is 8.74. The minimum absolute atomic E-state index is 0.309. The SMILES string of the molecule is NC(Cc1ccccc1)C(=O)NCC(=O)NCC(=O)N1CCCC1C(=O)O. The van der Waals surface area contributed by atoms with Gasteiger partial charge in [-0.05, 0) is 24.8 Å². The zero-order valence-electron chi connectivity index (χ0n) is 14.9. The molecule has 1 aliphatic heterocycles. The van der Waals surface area contributed by atoms with E-state index in [0.29, 0.717) is 25.8 Å². The van der Waals surface area contributed by atoms with Crippen molar-refractivity contribution in [2.24, 2.45) is 5.73 Å². The van der Waals surface area contributed by atoms with E-state index in [0.717, 1.165) is 5.56 Å². The Labute approximate surface area is 156 Å². The van der Waals surface area contributed by atoms with Crippen molar-refractivity contribution in [2.75, 3.05) is 19.6 Å². The topological polar surface area (TPSA) is 142 Å². The Hall–Kier alpha value is -2.94. The number of amides is 3. The number of hydrogen-bond donors (Lipinski definition) is 4. The molecule has 5 N–H and O–H groups in total. The molecule has 0 aromatic heterocycles. The first kappa shape index (κ1) is 20.4. The van der Waals surface area contributed by atoms with E-state index in [4.69, 9.17) is 10.8 Å². The van der Waals surface area contributed by atoms with E-state index in [9.17, 15) is 19.2 Å². The second-order valence-corrected chi connectivity index (χ2v) is 6.37. The number of rotatable bonds is 8. The Morgan fingerprint density at radius 2 is 1.85 bits per heavy atom. The largest absolute Gasteiger partial charge is 0.480 e. The van der Waals surface area contributed by atoms with Crippen LogP contribution in [0.4, 0.5) is 0 Å². The third-order valence-electron chi connectivity index (χ3n) is 4.35. The summed E-state index contributed by atoms with van der Waals surface area (Å²) in [6.07, 6.45) is 1.37. The molecule has 27 heavy (non-hydrogen) atoms. The molecule has 1 aromatic carbocycles. The molecule has 1 heterocycles. The Bertz CT molecular complexity index is 694. The summed E-state index contributed by atoms with van der Waals surface area (Å²) < 4.78 is 0. The molecule has 0 saturated carbocycles. The second kappa shape index (κ2) is 9.67. The number of likely N-dealkylation sites (tertiary alicyclic amines) is 1. The molecule has 1 aliphatic rings. The number of aliphatic carboxylic acids is 1. The quantitative estimate of drug-likeness (QED) is 0.452. The normalized spacial score (nSPS) is 17.2. The van der Waals surface area contributed by atoms with Crippen molar-refractivity contribution in [1.29, 1.82) is 0 Å². The summed E-state index contributed by atoms with van der Waals surface area (Å²) in [5.41, 5.74) is 6.73. The minimum atomic E-state index is -1.05. The molecular weight excluding hydrogens is 352 g/mol. The highest BCUT2D eigenvalue weighted by atomic mass is 16.4. The number of benzene rings is 1. The van der Waals surface area contributed by atoms with Crippen LogP contribution in [0.2, 0.25) is 0 Å². The van der Waals surface area contributed by atoms with Gasteiger partial charge in [0.2, 0.25) is 17.7 Å². The molecule has 146 valence electrons. The number of carboxylic acid groups (broad SMARTS) is 1. The monoisotopic (exact) mass is 376 g/mol. The van der Waals surface area contributed by atoms with Crippen LogP contribution in [0.5, 0.6) is 0 Å². The summed E-state index contributed by atoms with van der Waals surface area (Å²) in [6.45, 7) is -0.262. The molecule has 1 fully saturated rings. The zero-order chi connectivity index (χ0) is 19.8. The van der Waals surface area contributed by atoms with Gasteiger partial charge in [0, 0.05) is 6.54 Å².